The maximum atomic E-state index is 12.2. The van der Waals surface area contributed by atoms with Crippen molar-refractivity contribution in [2.45, 2.75) is 6.18 Å². The van der Waals surface area contributed by atoms with Crippen LogP contribution < -0.4 is 0 Å². The summed E-state index contributed by atoms with van der Waals surface area (Å²) in [4.78, 5) is 10.3. The predicted octanol–water partition coefficient (Wildman–Crippen LogP) is 2.04. The van der Waals surface area contributed by atoms with E-state index >= 15 is 0 Å². The molecule has 3 nitrogen and oxygen atoms in total. The first-order chi connectivity index (χ1) is 6.57. The van der Waals surface area contributed by atoms with Gasteiger partial charge in [-0.05, 0) is 6.07 Å². The van der Waals surface area contributed by atoms with Crippen LogP contribution in [-0.4, -0.2) is 15.0 Å². The summed E-state index contributed by atoms with van der Waals surface area (Å²) in [6.07, 6.45) is -0.597. The van der Waals surface area contributed by atoms with Crippen LogP contribution in [0.25, 0.3) is 10.9 Å². The molecule has 6 heteroatoms. The Kier molecular flexibility index (Phi) is 1.83. The summed E-state index contributed by atoms with van der Waals surface area (Å²) in [6.45, 7) is 0. The maximum absolute atomic E-state index is 12.2. The molecule has 0 fully saturated rings. The molecule has 0 N–H and O–H groups in total. The molecule has 0 aliphatic carbocycles. The number of pyridine rings is 1. The van der Waals surface area contributed by atoms with Gasteiger partial charge >= 0.3 is 6.18 Å². The Morgan fingerprint density at radius 1 is 1.14 bits per heavy atom. The molecule has 0 unspecified atom stereocenters. The molecule has 0 aliphatic rings. The van der Waals surface area contributed by atoms with E-state index in [1.165, 1.54) is 18.5 Å². The second kappa shape index (κ2) is 2.90. The smallest absolute Gasteiger partial charge is 0.264 e. The van der Waals surface area contributed by atoms with E-state index in [2.05, 4.69) is 15.0 Å². The van der Waals surface area contributed by atoms with Crippen LogP contribution in [0.4, 0.5) is 13.2 Å². The zero-order chi connectivity index (χ0) is 10.2. The molecule has 0 atom stereocenters. The summed E-state index contributed by atoms with van der Waals surface area (Å²) in [5.74, 6) is -1.13. The molecule has 2 rings (SSSR count). The Hall–Kier alpha value is -1.72. The molecular formula is C8H4F3N3. The first-order valence-electron chi connectivity index (χ1n) is 3.71. The highest BCUT2D eigenvalue weighted by atomic mass is 19.4. The molecule has 0 saturated carbocycles. The largest absolute Gasteiger partial charge is 0.451 e. The van der Waals surface area contributed by atoms with Crippen LogP contribution in [0.3, 0.4) is 0 Å². The van der Waals surface area contributed by atoms with Crippen molar-refractivity contribution >= 4 is 10.9 Å². The first kappa shape index (κ1) is 8.86. The third-order valence-electron chi connectivity index (χ3n) is 1.63. The number of alkyl halides is 3. The minimum Gasteiger partial charge on any atom is -0.264 e. The van der Waals surface area contributed by atoms with Crippen molar-refractivity contribution in [1.82, 2.24) is 15.0 Å². The van der Waals surface area contributed by atoms with Crippen molar-refractivity contribution in [1.29, 1.82) is 0 Å². The molecule has 0 bridgehead atoms. The average molecular weight is 199 g/mol. The highest BCUT2D eigenvalue weighted by molar-refractivity contribution is 5.75. The monoisotopic (exact) mass is 199 g/mol. The van der Waals surface area contributed by atoms with Crippen LogP contribution in [0.5, 0.6) is 0 Å². The van der Waals surface area contributed by atoms with Crippen LogP contribution in [0, 0.1) is 0 Å². The minimum atomic E-state index is -4.50. The molecule has 2 aromatic rings. The zero-order valence-corrected chi connectivity index (χ0v) is 6.78. The van der Waals surface area contributed by atoms with Crippen LogP contribution >= 0.6 is 0 Å². The molecule has 0 saturated heterocycles. The van der Waals surface area contributed by atoms with Crippen LogP contribution in [0.1, 0.15) is 5.82 Å². The fourth-order valence-corrected chi connectivity index (χ4v) is 1.01. The van der Waals surface area contributed by atoms with Gasteiger partial charge in [0.1, 0.15) is 0 Å². The normalized spacial score (nSPS) is 11.9. The summed E-state index contributed by atoms with van der Waals surface area (Å²) in [5.41, 5.74) is 0.238. The highest BCUT2D eigenvalue weighted by Crippen LogP contribution is 2.26. The first-order valence-corrected chi connectivity index (χ1v) is 3.71. The van der Waals surface area contributed by atoms with E-state index in [1.54, 1.807) is 0 Å². The lowest BCUT2D eigenvalue weighted by Crippen LogP contribution is -2.10. The SMILES string of the molecule is FC(F)(F)c1ncc2cnccc2n1. The summed E-state index contributed by atoms with van der Waals surface area (Å²) >= 11 is 0. The van der Waals surface area contributed by atoms with Gasteiger partial charge in [-0.3, -0.25) is 4.98 Å². The fraction of sp³-hybridized carbons (Fsp3) is 0.125. The van der Waals surface area contributed by atoms with Crippen LogP contribution in [0.2, 0.25) is 0 Å². The van der Waals surface area contributed by atoms with E-state index < -0.39 is 12.0 Å². The lowest BCUT2D eigenvalue weighted by molar-refractivity contribution is -0.144. The number of aromatic nitrogens is 3. The maximum Gasteiger partial charge on any atom is 0.451 e. The van der Waals surface area contributed by atoms with E-state index in [9.17, 15) is 13.2 Å². The molecule has 2 aromatic heterocycles. The number of halogens is 3. The van der Waals surface area contributed by atoms with Gasteiger partial charge in [0.15, 0.2) is 0 Å². The zero-order valence-electron chi connectivity index (χ0n) is 6.78. The second-order valence-electron chi connectivity index (χ2n) is 2.63. The predicted molar refractivity (Wildman–Crippen MR) is 42.3 cm³/mol. The standard InChI is InChI=1S/C8H4F3N3/c9-8(10,11)7-13-4-5-3-12-2-1-6(5)14-7/h1-4H. The van der Waals surface area contributed by atoms with E-state index in [4.69, 9.17) is 0 Å². The van der Waals surface area contributed by atoms with Gasteiger partial charge in [0.25, 0.3) is 0 Å². The molecule has 0 radical (unpaired) electrons. The van der Waals surface area contributed by atoms with E-state index in [0.29, 0.717) is 5.39 Å². The molecule has 0 amide bonds. The Bertz CT molecular complexity index is 467. The second-order valence-corrected chi connectivity index (χ2v) is 2.63. The Morgan fingerprint density at radius 2 is 1.93 bits per heavy atom. The van der Waals surface area contributed by atoms with E-state index in [0.717, 1.165) is 6.20 Å². The molecular weight excluding hydrogens is 195 g/mol. The number of hydrogen-bond acceptors (Lipinski definition) is 3. The van der Waals surface area contributed by atoms with Crippen molar-refractivity contribution in [2.75, 3.05) is 0 Å². The van der Waals surface area contributed by atoms with Gasteiger partial charge in [-0.1, -0.05) is 0 Å². The topological polar surface area (TPSA) is 38.7 Å². The van der Waals surface area contributed by atoms with Gasteiger partial charge in [-0.25, -0.2) is 9.97 Å². The Morgan fingerprint density at radius 3 is 2.64 bits per heavy atom. The van der Waals surface area contributed by atoms with Gasteiger partial charge in [0, 0.05) is 24.0 Å². The van der Waals surface area contributed by atoms with Crippen LogP contribution in [-0.2, 0) is 6.18 Å². The lowest BCUT2D eigenvalue weighted by atomic mass is 10.3. The molecule has 14 heavy (non-hydrogen) atoms. The number of nitrogens with zero attached hydrogens (tertiary/aromatic N) is 3. The third-order valence-corrected chi connectivity index (χ3v) is 1.63. The minimum absolute atomic E-state index is 0.238. The quantitative estimate of drug-likeness (QED) is 0.651. The van der Waals surface area contributed by atoms with Crippen molar-refractivity contribution in [3.63, 3.8) is 0 Å². The van der Waals surface area contributed by atoms with Gasteiger partial charge in [0.05, 0.1) is 5.52 Å². The summed E-state index contributed by atoms with van der Waals surface area (Å²) in [5, 5.41) is 0.487. The van der Waals surface area contributed by atoms with Gasteiger partial charge in [0.2, 0.25) is 5.82 Å². The summed E-state index contributed by atoms with van der Waals surface area (Å²) < 4.78 is 36.5. The van der Waals surface area contributed by atoms with Crippen LogP contribution in [0.15, 0.2) is 24.7 Å². The van der Waals surface area contributed by atoms with Crippen molar-refractivity contribution in [2.24, 2.45) is 0 Å². The van der Waals surface area contributed by atoms with Gasteiger partial charge in [-0.2, -0.15) is 13.2 Å². The molecule has 0 aromatic carbocycles. The number of fused-ring (bicyclic) bond motifs is 1. The number of hydrogen-bond donors (Lipinski definition) is 0. The van der Waals surface area contributed by atoms with E-state index in [-0.39, 0.29) is 5.52 Å². The van der Waals surface area contributed by atoms with Gasteiger partial charge < -0.3 is 0 Å². The van der Waals surface area contributed by atoms with Gasteiger partial charge in [-0.15, -0.1) is 0 Å². The number of rotatable bonds is 0. The van der Waals surface area contributed by atoms with Crippen molar-refractivity contribution in [3.05, 3.63) is 30.5 Å². The third kappa shape index (κ3) is 1.50. The Labute approximate surface area is 76.6 Å². The Balaban J connectivity index is 2.63. The van der Waals surface area contributed by atoms with Crippen molar-refractivity contribution < 1.29 is 13.2 Å². The lowest BCUT2D eigenvalue weighted by Gasteiger charge is -2.04. The average Bonchev–Trinajstić information content (AvgIpc) is 2.16. The summed E-state index contributed by atoms with van der Waals surface area (Å²) in [7, 11) is 0. The molecule has 0 aliphatic heterocycles. The fourth-order valence-electron chi connectivity index (χ4n) is 1.01. The molecule has 0 spiro atoms. The summed E-state index contributed by atoms with van der Waals surface area (Å²) in [6, 6.07) is 1.41. The molecule has 72 valence electrons. The van der Waals surface area contributed by atoms with Crippen molar-refractivity contribution in [3.8, 4) is 0 Å². The molecule has 2 heterocycles. The highest BCUT2D eigenvalue weighted by Gasteiger charge is 2.34. The van der Waals surface area contributed by atoms with E-state index in [1.807, 2.05) is 0 Å².